The van der Waals surface area contributed by atoms with Crippen molar-refractivity contribution in [3.05, 3.63) is 61.5 Å². The molecule has 0 radical (unpaired) electrons. The van der Waals surface area contributed by atoms with Gasteiger partial charge in [-0.2, -0.15) is 0 Å². The maximum atomic E-state index is 11.9. The largest absolute Gasteiger partial charge is 0.371 e. The van der Waals surface area contributed by atoms with Gasteiger partial charge in [-0.25, -0.2) is 0 Å². The van der Waals surface area contributed by atoms with E-state index in [0.29, 0.717) is 10.0 Å². The number of nitrogens with one attached hydrogen (secondary N) is 3. The van der Waals surface area contributed by atoms with Gasteiger partial charge in [-0.15, -0.1) is 11.3 Å². The molecule has 0 aliphatic rings. The predicted octanol–water partition coefficient (Wildman–Crippen LogP) is 4.49. The molecule has 2 aromatic heterocycles. The lowest BCUT2D eigenvalue weighted by Crippen LogP contribution is -2.18. The second kappa shape index (κ2) is 8.03. The first-order chi connectivity index (χ1) is 11.6. The topological polar surface area (TPSA) is 56.9 Å². The molecule has 0 aliphatic carbocycles. The summed E-state index contributed by atoms with van der Waals surface area (Å²) in [5.41, 5.74) is 2.04. The van der Waals surface area contributed by atoms with Crippen LogP contribution in [0.3, 0.4) is 0 Å². The monoisotopic (exact) mass is 381 g/mol. The molecule has 0 saturated carbocycles. The van der Waals surface area contributed by atoms with Gasteiger partial charge in [0.25, 0.3) is 0 Å². The number of pyridine rings is 1. The molecular weight excluding hydrogens is 365 g/mol. The highest BCUT2D eigenvalue weighted by molar-refractivity contribution is 7.17. The Morgan fingerprint density at radius 1 is 1.08 bits per heavy atom. The Bertz CT molecular complexity index is 891. The molecule has 2 heterocycles. The second-order valence-electron chi connectivity index (χ2n) is 5.42. The maximum Gasteiger partial charge on any atom is 0.201 e. The Kier molecular flexibility index (Phi) is 5.79. The number of H-pyrrole nitrogens is 1. The molecule has 0 saturated heterocycles. The standard InChI is InChI=1S/C17H17Cl2N3OS/c18-12-3-2-11(8-13(12)19)10-20-5-1-6-21-16-9-15(23)17-14(22-16)4-7-24-17/h2-4,7-9,20H,1,5-6,10H2,(H2,21,22,23). The predicted molar refractivity (Wildman–Crippen MR) is 104 cm³/mol. The minimum atomic E-state index is 0.0546. The number of aromatic nitrogens is 1. The van der Waals surface area contributed by atoms with E-state index in [1.807, 2.05) is 23.6 Å². The summed E-state index contributed by atoms with van der Waals surface area (Å²) in [4.78, 5) is 15.1. The van der Waals surface area contributed by atoms with Gasteiger partial charge in [0.2, 0.25) is 5.43 Å². The summed E-state index contributed by atoms with van der Waals surface area (Å²) < 4.78 is 0.767. The quantitative estimate of drug-likeness (QED) is 0.528. The van der Waals surface area contributed by atoms with Gasteiger partial charge in [0.05, 0.1) is 20.3 Å². The van der Waals surface area contributed by atoms with Crippen molar-refractivity contribution in [1.29, 1.82) is 0 Å². The van der Waals surface area contributed by atoms with E-state index in [-0.39, 0.29) is 5.43 Å². The third kappa shape index (κ3) is 4.30. The average molecular weight is 382 g/mol. The van der Waals surface area contributed by atoms with Crippen molar-refractivity contribution in [2.45, 2.75) is 13.0 Å². The van der Waals surface area contributed by atoms with Crippen LogP contribution >= 0.6 is 34.5 Å². The van der Waals surface area contributed by atoms with Crippen LogP contribution in [0, 0.1) is 0 Å². The SMILES string of the molecule is O=c1cc(NCCCNCc2ccc(Cl)c(Cl)c2)[nH]c2ccsc12. The van der Waals surface area contributed by atoms with Crippen molar-refractivity contribution in [2.75, 3.05) is 18.4 Å². The Labute approximate surface area is 153 Å². The fourth-order valence-electron chi connectivity index (χ4n) is 2.39. The molecule has 3 N–H and O–H groups in total. The maximum absolute atomic E-state index is 11.9. The first-order valence-electron chi connectivity index (χ1n) is 7.62. The van der Waals surface area contributed by atoms with Crippen LogP contribution in [0.5, 0.6) is 0 Å². The van der Waals surface area contributed by atoms with E-state index >= 15 is 0 Å². The van der Waals surface area contributed by atoms with Gasteiger partial charge < -0.3 is 15.6 Å². The molecule has 0 atom stereocenters. The summed E-state index contributed by atoms with van der Waals surface area (Å²) in [6, 6.07) is 9.17. The minimum Gasteiger partial charge on any atom is -0.371 e. The van der Waals surface area contributed by atoms with Crippen molar-refractivity contribution in [1.82, 2.24) is 10.3 Å². The molecule has 0 bridgehead atoms. The summed E-state index contributed by atoms with van der Waals surface area (Å²) in [5.74, 6) is 0.760. The molecule has 0 aliphatic heterocycles. The molecule has 126 valence electrons. The highest BCUT2D eigenvalue weighted by atomic mass is 35.5. The van der Waals surface area contributed by atoms with Crippen LogP contribution in [0.1, 0.15) is 12.0 Å². The van der Waals surface area contributed by atoms with Crippen molar-refractivity contribution in [3.8, 4) is 0 Å². The smallest absolute Gasteiger partial charge is 0.201 e. The third-order valence-electron chi connectivity index (χ3n) is 3.59. The molecule has 0 spiro atoms. The fraction of sp³-hybridized carbons (Fsp3) is 0.235. The van der Waals surface area contributed by atoms with E-state index in [1.165, 1.54) is 11.3 Å². The van der Waals surface area contributed by atoms with Gasteiger partial charge in [0.1, 0.15) is 5.82 Å². The molecule has 7 heteroatoms. The molecule has 24 heavy (non-hydrogen) atoms. The normalized spacial score (nSPS) is 11.1. The lowest BCUT2D eigenvalue weighted by Gasteiger charge is -2.08. The van der Waals surface area contributed by atoms with E-state index in [2.05, 4.69) is 15.6 Å². The zero-order chi connectivity index (χ0) is 16.9. The third-order valence-corrected chi connectivity index (χ3v) is 5.26. The summed E-state index contributed by atoms with van der Waals surface area (Å²) in [5, 5.41) is 9.67. The van der Waals surface area contributed by atoms with Crippen LogP contribution in [0.25, 0.3) is 10.2 Å². The van der Waals surface area contributed by atoms with Crippen LogP contribution in [0.2, 0.25) is 10.0 Å². The molecule has 3 rings (SSSR count). The molecule has 0 amide bonds. The number of thiophene rings is 1. The van der Waals surface area contributed by atoms with Crippen LogP contribution in [0.4, 0.5) is 5.82 Å². The summed E-state index contributed by atoms with van der Waals surface area (Å²) in [7, 11) is 0. The molecule has 4 nitrogen and oxygen atoms in total. The number of halogens is 2. The summed E-state index contributed by atoms with van der Waals surface area (Å²) in [6.07, 6.45) is 0.936. The number of fused-ring (bicyclic) bond motifs is 1. The van der Waals surface area contributed by atoms with E-state index in [4.69, 9.17) is 23.2 Å². The average Bonchev–Trinajstić information content (AvgIpc) is 3.03. The van der Waals surface area contributed by atoms with Crippen molar-refractivity contribution >= 4 is 50.6 Å². The molecule has 0 unspecified atom stereocenters. The zero-order valence-electron chi connectivity index (χ0n) is 12.9. The molecule has 3 aromatic rings. The van der Waals surface area contributed by atoms with Crippen LogP contribution in [0.15, 0.2) is 40.5 Å². The van der Waals surface area contributed by atoms with Gasteiger partial charge in [0.15, 0.2) is 0 Å². The number of hydrogen-bond acceptors (Lipinski definition) is 4. The zero-order valence-corrected chi connectivity index (χ0v) is 15.2. The van der Waals surface area contributed by atoms with Crippen LogP contribution in [-0.2, 0) is 6.54 Å². The summed E-state index contributed by atoms with van der Waals surface area (Å²) in [6.45, 7) is 2.38. The fourth-order valence-corrected chi connectivity index (χ4v) is 3.47. The number of hydrogen-bond donors (Lipinski definition) is 3. The lowest BCUT2D eigenvalue weighted by molar-refractivity contribution is 0.663. The van der Waals surface area contributed by atoms with Crippen molar-refractivity contribution < 1.29 is 0 Å². The highest BCUT2D eigenvalue weighted by Gasteiger charge is 2.03. The molecule has 0 fully saturated rings. The van der Waals surface area contributed by atoms with E-state index in [0.717, 1.165) is 47.7 Å². The van der Waals surface area contributed by atoms with Gasteiger partial charge in [-0.1, -0.05) is 29.3 Å². The molecular formula is C17H17Cl2N3OS. The minimum absolute atomic E-state index is 0.0546. The first kappa shape index (κ1) is 17.3. The van der Waals surface area contributed by atoms with Gasteiger partial charge in [-0.05, 0) is 42.1 Å². The van der Waals surface area contributed by atoms with Gasteiger partial charge in [0, 0.05) is 19.2 Å². The Hall–Kier alpha value is -1.53. The van der Waals surface area contributed by atoms with E-state index in [1.54, 1.807) is 12.1 Å². The Morgan fingerprint density at radius 2 is 1.96 bits per heavy atom. The van der Waals surface area contributed by atoms with Crippen LogP contribution < -0.4 is 16.1 Å². The van der Waals surface area contributed by atoms with Gasteiger partial charge >= 0.3 is 0 Å². The number of benzene rings is 1. The van der Waals surface area contributed by atoms with Gasteiger partial charge in [-0.3, -0.25) is 4.79 Å². The highest BCUT2D eigenvalue weighted by Crippen LogP contribution is 2.22. The number of anilines is 1. The summed E-state index contributed by atoms with van der Waals surface area (Å²) >= 11 is 13.3. The van der Waals surface area contributed by atoms with Crippen LogP contribution in [-0.4, -0.2) is 18.1 Å². The first-order valence-corrected chi connectivity index (χ1v) is 9.26. The Balaban J connectivity index is 1.41. The molecule has 1 aromatic carbocycles. The van der Waals surface area contributed by atoms with Crippen molar-refractivity contribution in [3.63, 3.8) is 0 Å². The number of aromatic amines is 1. The lowest BCUT2D eigenvalue weighted by atomic mass is 10.2. The number of rotatable bonds is 7. The second-order valence-corrected chi connectivity index (χ2v) is 7.15. The van der Waals surface area contributed by atoms with E-state index in [9.17, 15) is 4.79 Å². The van der Waals surface area contributed by atoms with E-state index < -0.39 is 0 Å². The Morgan fingerprint density at radius 3 is 2.79 bits per heavy atom. The van der Waals surface area contributed by atoms with Crippen molar-refractivity contribution in [2.24, 2.45) is 0 Å².